The van der Waals surface area contributed by atoms with Gasteiger partial charge in [-0.3, -0.25) is 0 Å². The average Bonchev–Trinajstić information content (AvgIpc) is 2.48. The normalized spacial score (nSPS) is 25.7. The fourth-order valence-electron chi connectivity index (χ4n) is 3.11. The van der Waals surface area contributed by atoms with E-state index in [0.29, 0.717) is 18.7 Å². The first-order valence-corrected chi connectivity index (χ1v) is 7.78. The van der Waals surface area contributed by atoms with E-state index >= 15 is 0 Å². The number of rotatable bonds is 6. The van der Waals surface area contributed by atoms with Crippen LogP contribution in [0.1, 0.15) is 54.9 Å². The van der Waals surface area contributed by atoms with Gasteiger partial charge >= 0.3 is 5.97 Å². The minimum absolute atomic E-state index is 0.326. The van der Waals surface area contributed by atoms with E-state index in [-0.39, 0.29) is 0 Å². The van der Waals surface area contributed by atoms with Gasteiger partial charge in [-0.15, -0.1) is 0 Å². The van der Waals surface area contributed by atoms with Crippen LogP contribution < -0.4 is 5.32 Å². The van der Waals surface area contributed by atoms with Crippen LogP contribution in [0.5, 0.6) is 0 Å². The van der Waals surface area contributed by atoms with E-state index in [9.17, 15) is 9.90 Å². The van der Waals surface area contributed by atoms with E-state index in [4.69, 9.17) is 5.11 Å². The second-order valence-electron chi connectivity index (χ2n) is 6.14. The molecule has 2 rings (SSSR count). The molecule has 116 valence electrons. The zero-order chi connectivity index (χ0) is 15.3. The zero-order valence-corrected chi connectivity index (χ0v) is 12.6. The van der Waals surface area contributed by atoms with E-state index < -0.39 is 11.6 Å². The minimum atomic E-state index is -0.908. The molecule has 0 atom stereocenters. The van der Waals surface area contributed by atoms with Gasteiger partial charge < -0.3 is 15.5 Å². The Hall–Kier alpha value is -1.39. The van der Waals surface area contributed by atoms with Crippen molar-refractivity contribution in [2.24, 2.45) is 5.92 Å². The molecule has 1 aliphatic carbocycles. The SMILES string of the molecule is CCC1CCC(O)(CNCc2ccccc2C(=O)O)CC1. The molecular formula is C17H25NO3. The lowest BCUT2D eigenvalue weighted by atomic mass is 9.78. The molecule has 1 saturated carbocycles. The molecule has 0 saturated heterocycles. The molecular weight excluding hydrogens is 266 g/mol. The average molecular weight is 291 g/mol. The Bertz CT molecular complexity index is 479. The van der Waals surface area contributed by atoms with E-state index in [1.165, 1.54) is 6.42 Å². The summed E-state index contributed by atoms with van der Waals surface area (Å²) in [6.45, 7) is 3.20. The highest BCUT2D eigenvalue weighted by atomic mass is 16.4. The Balaban J connectivity index is 1.86. The van der Waals surface area contributed by atoms with Gasteiger partial charge in [0.2, 0.25) is 0 Å². The van der Waals surface area contributed by atoms with Crippen LogP contribution in [-0.2, 0) is 6.54 Å². The lowest BCUT2D eigenvalue weighted by molar-refractivity contribution is -0.00881. The van der Waals surface area contributed by atoms with Crippen molar-refractivity contribution in [3.8, 4) is 0 Å². The summed E-state index contributed by atoms with van der Waals surface area (Å²) in [6, 6.07) is 6.99. The highest BCUT2D eigenvalue weighted by Crippen LogP contribution is 2.33. The maximum absolute atomic E-state index is 11.1. The van der Waals surface area contributed by atoms with Crippen molar-refractivity contribution in [3.05, 3.63) is 35.4 Å². The van der Waals surface area contributed by atoms with Gasteiger partial charge in [0, 0.05) is 13.1 Å². The second kappa shape index (κ2) is 7.05. The van der Waals surface area contributed by atoms with Gasteiger partial charge in [-0.05, 0) is 43.2 Å². The smallest absolute Gasteiger partial charge is 0.336 e. The van der Waals surface area contributed by atoms with Crippen molar-refractivity contribution >= 4 is 5.97 Å². The molecule has 4 heteroatoms. The molecule has 3 N–H and O–H groups in total. The molecule has 21 heavy (non-hydrogen) atoms. The Morgan fingerprint density at radius 1 is 1.33 bits per heavy atom. The number of hydrogen-bond acceptors (Lipinski definition) is 3. The predicted molar refractivity (Wildman–Crippen MR) is 82.3 cm³/mol. The molecule has 0 amide bonds. The minimum Gasteiger partial charge on any atom is -0.478 e. The fraction of sp³-hybridized carbons (Fsp3) is 0.588. The zero-order valence-electron chi connectivity index (χ0n) is 12.6. The summed E-state index contributed by atoms with van der Waals surface area (Å²) >= 11 is 0. The van der Waals surface area contributed by atoms with Gasteiger partial charge in [0.25, 0.3) is 0 Å². The first kappa shape index (κ1) is 16.0. The third-order valence-electron chi connectivity index (χ3n) is 4.63. The topological polar surface area (TPSA) is 69.6 Å². The number of aromatic carboxylic acids is 1. The number of carboxylic acid groups (broad SMARTS) is 1. The Morgan fingerprint density at radius 3 is 2.62 bits per heavy atom. The summed E-state index contributed by atoms with van der Waals surface area (Å²) in [7, 11) is 0. The number of aliphatic hydroxyl groups is 1. The van der Waals surface area contributed by atoms with Crippen LogP contribution in [0.25, 0.3) is 0 Å². The van der Waals surface area contributed by atoms with Crippen molar-refractivity contribution in [2.45, 2.75) is 51.2 Å². The maximum Gasteiger partial charge on any atom is 0.336 e. The highest BCUT2D eigenvalue weighted by Gasteiger charge is 2.32. The summed E-state index contributed by atoms with van der Waals surface area (Å²) in [5.41, 5.74) is 0.451. The van der Waals surface area contributed by atoms with Gasteiger partial charge in [0.15, 0.2) is 0 Å². The Kier molecular flexibility index (Phi) is 5.37. The first-order valence-electron chi connectivity index (χ1n) is 7.78. The largest absolute Gasteiger partial charge is 0.478 e. The third-order valence-corrected chi connectivity index (χ3v) is 4.63. The number of benzene rings is 1. The van der Waals surface area contributed by atoms with Crippen molar-refractivity contribution in [3.63, 3.8) is 0 Å². The Morgan fingerprint density at radius 2 is 2.00 bits per heavy atom. The molecule has 0 aromatic heterocycles. The molecule has 1 aromatic rings. The van der Waals surface area contributed by atoms with Crippen molar-refractivity contribution < 1.29 is 15.0 Å². The molecule has 0 heterocycles. The van der Waals surface area contributed by atoms with Gasteiger partial charge in [-0.1, -0.05) is 31.5 Å². The molecule has 0 radical (unpaired) electrons. The molecule has 1 fully saturated rings. The molecule has 4 nitrogen and oxygen atoms in total. The number of hydrogen-bond donors (Lipinski definition) is 3. The number of carbonyl (C=O) groups is 1. The summed E-state index contributed by atoms with van der Waals surface area (Å²) < 4.78 is 0. The fourth-order valence-corrected chi connectivity index (χ4v) is 3.11. The molecule has 0 spiro atoms. The number of nitrogens with one attached hydrogen (secondary N) is 1. The number of carboxylic acids is 1. The van der Waals surface area contributed by atoms with Crippen LogP contribution in [-0.4, -0.2) is 28.3 Å². The van der Waals surface area contributed by atoms with E-state index in [2.05, 4.69) is 12.2 Å². The lowest BCUT2D eigenvalue weighted by Crippen LogP contribution is -2.43. The Labute approximate surface area is 126 Å². The first-order chi connectivity index (χ1) is 10.0. The van der Waals surface area contributed by atoms with E-state index in [0.717, 1.165) is 37.2 Å². The summed E-state index contributed by atoms with van der Waals surface area (Å²) in [6.07, 6.45) is 5.02. The van der Waals surface area contributed by atoms with Gasteiger partial charge in [-0.25, -0.2) is 4.79 Å². The van der Waals surface area contributed by atoms with E-state index in [1.54, 1.807) is 12.1 Å². The lowest BCUT2D eigenvalue weighted by Gasteiger charge is -2.36. The van der Waals surface area contributed by atoms with Crippen molar-refractivity contribution in [1.82, 2.24) is 5.32 Å². The van der Waals surface area contributed by atoms with Crippen LogP contribution in [0.4, 0.5) is 0 Å². The summed E-state index contributed by atoms with van der Waals surface area (Å²) in [5.74, 6) is -0.160. The molecule has 1 aromatic carbocycles. The summed E-state index contributed by atoms with van der Waals surface area (Å²) in [4.78, 5) is 11.1. The van der Waals surface area contributed by atoms with Crippen molar-refractivity contribution in [2.75, 3.05) is 6.54 Å². The highest BCUT2D eigenvalue weighted by molar-refractivity contribution is 5.89. The predicted octanol–water partition coefficient (Wildman–Crippen LogP) is 2.81. The molecule has 0 aliphatic heterocycles. The molecule has 0 bridgehead atoms. The standard InChI is InChI=1S/C17H25NO3/c1-2-13-7-9-17(21,10-8-13)12-18-11-14-5-3-4-6-15(14)16(19)20/h3-6,13,18,21H,2,7-12H2,1H3,(H,19,20). The van der Waals surface area contributed by atoms with Crippen molar-refractivity contribution in [1.29, 1.82) is 0 Å². The van der Waals surface area contributed by atoms with Gasteiger partial charge in [-0.2, -0.15) is 0 Å². The summed E-state index contributed by atoms with van der Waals surface area (Å²) in [5, 5.41) is 22.9. The van der Waals surface area contributed by atoms with E-state index in [1.807, 2.05) is 12.1 Å². The van der Waals surface area contributed by atoms with Gasteiger partial charge in [0.1, 0.15) is 0 Å². The monoisotopic (exact) mass is 291 g/mol. The third kappa shape index (κ3) is 4.29. The van der Waals surface area contributed by atoms with Crippen LogP contribution in [0.15, 0.2) is 24.3 Å². The molecule has 0 unspecified atom stereocenters. The maximum atomic E-state index is 11.1. The quantitative estimate of drug-likeness (QED) is 0.754. The second-order valence-corrected chi connectivity index (χ2v) is 6.14. The molecule has 1 aliphatic rings. The van der Waals surface area contributed by atoms with Crippen LogP contribution in [0.3, 0.4) is 0 Å². The van der Waals surface area contributed by atoms with Crippen LogP contribution >= 0.6 is 0 Å². The van der Waals surface area contributed by atoms with Crippen LogP contribution in [0.2, 0.25) is 0 Å². The van der Waals surface area contributed by atoms with Crippen LogP contribution in [0, 0.1) is 5.92 Å². The van der Waals surface area contributed by atoms with Gasteiger partial charge in [0.05, 0.1) is 11.2 Å².